The van der Waals surface area contributed by atoms with E-state index in [4.69, 9.17) is 0 Å². The number of hydrogen-bond donors (Lipinski definition) is 1. The number of likely N-dealkylation sites (tertiary alicyclic amines) is 1. The van der Waals surface area contributed by atoms with Gasteiger partial charge in [0, 0.05) is 12.1 Å². The van der Waals surface area contributed by atoms with Gasteiger partial charge in [0.2, 0.25) is 11.8 Å². The first kappa shape index (κ1) is 12.6. The molecule has 1 atom stereocenters. The number of imide groups is 1. The first-order chi connectivity index (χ1) is 8.06. The molecule has 1 saturated heterocycles. The summed E-state index contributed by atoms with van der Waals surface area (Å²) in [5.74, 6) is -0.0408. The van der Waals surface area contributed by atoms with Crippen LogP contribution in [0.15, 0.2) is 0 Å². The Kier molecular flexibility index (Phi) is 3.52. The van der Waals surface area contributed by atoms with E-state index in [9.17, 15) is 9.59 Å². The zero-order chi connectivity index (χ0) is 12.5. The van der Waals surface area contributed by atoms with E-state index in [0.29, 0.717) is 13.0 Å². The lowest BCUT2D eigenvalue weighted by Crippen LogP contribution is -2.49. The number of nitrogens with one attached hydrogen (secondary N) is 1. The molecule has 2 rings (SSSR count). The number of hydrogen-bond acceptors (Lipinski definition) is 3. The van der Waals surface area contributed by atoms with Crippen molar-refractivity contribution in [2.24, 2.45) is 0 Å². The van der Waals surface area contributed by atoms with Crippen molar-refractivity contribution in [2.75, 3.05) is 6.54 Å². The highest BCUT2D eigenvalue weighted by Gasteiger charge is 2.41. The van der Waals surface area contributed by atoms with Crippen molar-refractivity contribution in [3.05, 3.63) is 0 Å². The highest BCUT2D eigenvalue weighted by molar-refractivity contribution is 6.05. The lowest BCUT2D eigenvalue weighted by molar-refractivity contribution is -0.139. The van der Waals surface area contributed by atoms with Crippen molar-refractivity contribution in [1.29, 1.82) is 0 Å². The molecule has 2 aliphatic rings. The van der Waals surface area contributed by atoms with Crippen LogP contribution < -0.4 is 5.32 Å². The molecule has 2 fully saturated rings. The zero-order valence-corrected chi connectivity index (χ0v) is 10.8. The molecule has 1 aliphatic carbocycles. The number of nitrogens with zero attached hydrogens (tertiary/aromatic N) is 1. The molecule has 0 aromatic heterocycles. The quantitative estimate of drug-likeness (QED) is 0.754. The summed E-state index contributed by atoms with van der Waals surface area (Å²) in [7, 11) is 0. The zero-order valence-electron chi connectivity index (χ0n) is 10.8. The molecule has 4 nitrogen and oxygen atoms in total. The molecule has 0 aromatic rings. The van der Waals surface area contributed by atoms with Crippen molar-refractivity contribution in [3.63, 3.8) is 0 Å². The third kappa shape index (κ3) is 2.51. The first-order valence-corrected chi connectivity index (χ1v) is 6.68. The minimum Gasteiger partial charge on any atom is -0.300 e. The number of rotatable bonds is 4. The fourth-order valence-electron chi connectivity index (χ4n) is 2.97. The summed E-state index contributed by atoms with van der Waals surface area (Å²) in [5, 5.41) is 3.41. The van der Waals surface area contributed by atoms with E-state index in [-0.39, 0.29) is 23.4 Å². The highest BCUT2D eigenvalue weighted by Crippen LogP contribution is 2.30. The minimum absolute atomic E-state index is 0.0176. The molecule has 0 bridgehead atoms. The van der Waals surface area contributed by atoms with Crippen LogP contribution in [-0.4, -0.2) is 34.8 Å². The second-order valence-corrected chi connectivity index (χ2v) is 5.55. The van der Waals surface area contributed by atoms with Gasteiger partial charge in [-0.25, -0.2) is 0 Å². The van der Waals surface area contributed by atoms with Gasteiger partial charge in [-0.15, -0.1) is 0 Å². The molecular formula is C13H22N2O2. The fourth-order valence-corrected chi connectivity index (χ4v) is 2.97. The second kappa shape index (κ2) is 4.77. The van der Waals surface area contributed by atoms with Crippen LogP contribution >= 0.6 is 0 Å². The topological polar surface area (TPSA) is 49.4 Å². The molecule has 0 aromatic carbocycles. The summed E-state index contributed by atoms with van der Waals surface area (Å²) in [6, 6.07) is -0.280. The largest absolute Gasteiger partial charge is 0.300 e. The van der Waals surface area contributed by atoms with Crippen LogP contribution in [0.4, 0.5) is 0 Å². The normalized spacial score (nSPS) is 28.1. The second-order valence-electron chi connectivity index (χ2n) is 5.55. The summed E-state index contributed by atoms with van der Waals surface area (Å²) < 4.78 is 0. The third-order valence-electron chi connectivity index (χ3n) is 3.92. The Hall–Kier alpha value is -0.900. The summed E-state index contributed by atoms with van der Waals surface area (Å²) in [4.78, 5) is 25.2. The lowest BCUT2D eigenvalue weighted by Gasteiger charge is -2.28. The van der Waals surface area contributed by atoms with Crippen molar-refractivity contribution in [1.82, 2.24) is 10.2 Å². The molecule has 17 heavy (non-hydrogen) atoms. The number of carbonyl (C=O) groups is 2. The van der Waals surface area contributed by atoms with Gasteiger partial charge in [0.15, 0.2) is 0 Å². The average Bonchev–Trinajstić information content (AvgIpc) is 2.79. The van der Waals surface area contributed by atoms with E-state index in [1.54, 1.807) is 0 Å². The summed E-state index contributed by atoms with van der Waals surface area (Å²) in [6.45, 7) is 4.71. The lowest BCUT2D eigenvalue weighted by atomic mass is 9.99. The molecule has 2 amide bonds. The average molecular weight is 238 g/mol. The Balaban J connectivity index is 1.99. The van der Waals surface area contributed by atoms with E-state index in [0.717, 1.165) is 19.3 Å². The molecule has 1 aliphatic heterocycles. The molecule has 96 valence electrons. The first-order valence-electron chi connectivity index (χ1n) is 6.68. The maximum atomic E-state index is 12.1. The Bertz CT molecular complexity index is 321. The van der Waals surface area contributed by atoms with Crippen molar-refractivity contribution >= 4 is 11.8 Å². The molecule has 0 radical (unpaired) electrons. The van der Waals surface area contributed by atoms with Crippen molar-refractivity contribution in [3.8, 4) is 0 Å². The minimum atomic E-state index is -0.280. The fraction of sp³-hybridized carbons (Fsp3) is 0.846. The summed E-state index contributed by atoms with van der Waals surface area (Å²) in [6.07, 6.45) is 5.83. The predicted molar refractivity (Wildman–Crippen MR) is 65.4 cm³/mol. The SMILES string of the molecule is CCCN1C(=O)CC(NC2(C)CCCC2)C1=O. The van der Waals surface area contributed by atoms with Gasteiger partial charge in [-0.1, -0.05) is 19.8 Å². The predicted octanol–water partition coefficient (Wildman–Crippen LogP) is 1.45. The van der Waals surface area contributed by atoms with Gasteiger partial charge in [-0.2, -0.15) is 0 Å². The van der Waals surface area contributed by atoms with Crippen LogP contribution in [0.5, 0.6) is 0 Å². The molecule has 1 N–H and O–H groups in total. The van der Waals surface area contributed by atoms with E-state index >= 15 is 0 Å². The van der Waals surface area contributed by atoms with Crippen molar-refractivity contribution < 1.29 is 9.59 Å². The van der Waals surface area contributed by atoms with Gasteiger partial charge in [-0.05, 0) is 26.2 Å². The van der Waals surface area contributed by atoms with Crippen LogP contribution in [0.25, 0.3) is 0 Å². The van der Waals surface area contributed by atoms with Crippen LogP contribution in [0.1, 0.15) is 52.4 Å². The monoisotopic (exact) mass is 238 g/mol. The summed E-state index contributed by atoms with van der Waals surface area (Å²) >= 11 is 0. The van der Waals surface area contributed by atoms with E-state index < -0.39 is 0 Å². The van der Waals surface area contributed by atoms with Gasteiger partial charge < -0.3 is 5.32 Å². The van der Waals surface area contributed by atoms with E-state index in [1.165, 1.54) is 17.7 Å². The number of carbonyl (C=O) groups excluding carboxylic acids is 2. The Morgan fingerprint density at radius 1 is 1.35 bits per heavy atom. The van der Waals surface area contributed by atoms with E-state index in [1.807, 2.05) is 6.92 Å². The Morgan fingerprint density at radius 3 is 2.59 bits per heavy atom. The maximum Gasteiger partial charge on any atom is 0.246 e. The van der Waals surface area contributed by atoms with E-state index in [2.05, 4.69) is 12.2 Å². The standard InChI is InChI=1S/C13H22N2O2/c1-3-8-15-11(16)9-10(12(15)17)14-13(2)6-4-5-7-13/h10,14H,3-9H2,1-2H3. The molecule has 4 heteroatoms. The van der Waals surface area contributed by atoms with Gasteiger partial charge >= 0.3 is 0 Å². The van der Waals surface area contributed by atoms with Gasteiger partial charge in [0.25, 0.3) is 0 Å². The van der Waals surface area contributed by atoms with Crippen LogP contribution in [0.3, 0.4) is 0 Å². The maximum absolute atomic E-state index is 12.1. The molecule has 1 heterocycles. The Labute approximate surface area is 103 Å². The number of amides is 2. The van der Waals surface area contributed by atoms with Gasteiger partial charge in [0.05, 0.1) is 12.5 Å². The van der Waals surface area contributed by atoms with Crippen LogP contribution in [0, 0.1) is 0 Å². The molecule has 1 saturated carbocycles. The summed E-state index contributed by atoms with van der Waals surface area (Å²) in [5.41, 5.74) is 0.0584. The van der Waals surface area contributed by atoms with Crippen LogP contribution in [-0.2, 0) is 9.59 Å². The van der Waals surface area contributed by atoms with Crippen LogP contribution in [0.2, 0.25) is 0 Å². The van der Waals surface area contributed by atoms with Crippen molar-refractivity contribution in [2.45, 2.75) is 64.0 Å². The van der Waals surface area contributed by atoms with Gasteiger partial charge in [-0.3, -0.25) is 14.5 Å². The molecule has 0 spiro atoms. The molecular weight excluding hydrogens is 216 g/mol. The van der Waals surface area contributed by atoms with Gasteiger partial charge in [0.1, 0.15) is 0 Å². The third-order valence-corrected chi connectivity index (χ3v) is 3.92. The Morgan fingerprint density at radius 2 is 2.00 bits per heavy atom. The molecule has 1 unspecified atom stereocenters. The smallest absolute Gasteiger partial charge is 0.246 e. The highest BCUT2D eigenvalue weighted by atomic mass is 16.2.